The number of hydrogen-bond donors (Lipinski definition) is 0. The first-order valence-corrected chi connectivity index (χ1v) is 10.4. The summed E-state index contributed by atoms with van der Waals surface area (Å²) in [6.07, 6.45) is 4.66. The number of ketones is 1. The van der Waals surface area contributed by atoms with Crippen LogP contribution in [-0.2, 0) is 4.74 Å². The van der Waals surface area contributed by atoms with Gasteiger partial charge in [-0.05, 0) is 61.0 Å². The second-order valence-electron chi connectivity index (χ2n) is 8.35. The summed E-state index contributed by atoms with van der Waals surface area (Å²) < 4.78 is 21.3. The van der Waals surface area contributed by atoms with E-state index in [0.29, 0.717) is 28.8 Å². The third-order valence-corrected chi connectivity index (χ3v) is 5.58. The van der Waals surface area contributed by atoms with Crippen molar-refractivity contribution in [3.05, 3.63) is 58.7 Å². The van der Waals surface area contributed by atoms with Crippen molar-refractivity contribution in [1.82, 2.24) is 14.5 Å². The minimum Gasteiger partial charge on any atom is -0.444 e. The van der Waals surface area contributed by atoms with Crippen LogP contribution in [0.25, 0.3) is 16.6 Å². The van der Waals surface area contributed by atoms with Crippen molar-refractivity contribution in [1.29, 1.82) is 0 Å². The molecule has 30 heavy (non-hydrogen) atoms. The van der Waals surface area contributed by atoms with Crippen molar-refractivity contribution < 1.29 is 18.7 Å². The number of benzene rings is 1. The fourth-order valence-electron chi connectivity index (χ4n) is 3.49. The van der Waals surface area contributed by atoms with Gasteiger partial charge in [0.2, 0.25) is 0 Å². The van der Waals surface area contributed by atoms with E-state index in [9.17, 15) is 14.0 Å². The van der Waals surface area contributed by atoms with Gasteiger partial charge in [0.25, 0.3) is 0 Å². The number of aromatic nitrogens is 2. The van der Waals surface area contributed by atoms with Gasteiger partial charge < -0.3 is 14.2 Å². The number of Topliss-reactive ketones (excluding diaryl/α,β-unsaturated/α-hetero) is 1. The molecule has 1 aliphatic heterocycles. The Kier molecular flexibility index (Phi) is 5.13. The lowest BCUT2D eigenvalue weighted by Crippen LogP contribution is -2.54. The maximum absolute atomic E-state index is 13.5. The molecule has 0 radical (unpaired) electrons. The largest absolute Gasteiger partial charge is 0.444 e. The summed E-state index contributed by atoms with van der Waals surface area (Å²) in [6.45, 7) is 6.08. The van der Waals surface area contributed by atoms with Gasteiger partial charge in [-0.15, -0.1) is 0 Å². The molecule has 0 N–H and O–H groups in total. The van der Waals surface area contributed by atoms with Crippen LogP contribution in [0.3, 0.4) is 0 Å². The number of rotatable bonds is 3. The summed E-state index contributed by atoms with van der Waals surface area (Å²) in [6, 6.07) is 6.19. The number of carbonyl (C=O) groups excluding carboxylic acids is 2. The molecule has 3 aromatic rings. The number of carbonyl (C=O) groups is 2. The minimum absolute atomic E-state index is 0.0389. The third kappa shape index (κ3) is 3.84. The Labute approximate surface area is 181 Å². The van der Waals surface area contributed by atoms with Gasteiger partial charge in [0.15, 0.2) is 5.78 Å². The zero-order chi connectivity index (χ0) is 21.6. The summed E-state index contributed by atoms with van der Waals surface area (Å²) in [5.41, 5.74) is 1.43. The SMILES string of the molecule is CC(C)(C)OC(=O)N1CC(C(=O)c2cn(-c3ccc(F)cc3Br)c3cnccc23)C1. The van der Waals surface area contributed by atoms with Crippen molar-refractivity contribution >= 4 is 38.7 Å². The van der Waals surface area contributed by atoms with E-state index in [1.807, 2.05) is 25.3 Å². The van der Waals surface area contributed by atoms with E-state index in [-0.39, 0.29) is 17.5 Å². The van der Waals surface area contributed by atoms with Crippen LogP contribution in [0.1, 0.15) is 31.1 Å². The molecule has 0 bridgehead atoms. The molecular weight excluding hydrogens is 453 g/mol. The van der Waals surface area contributed by atoms with Crippen molar-refractivity contribution in [3.63, 3.8) is 0 Å². The summed E-state index contributed by atoms with van der Waals surface area (Å²) in [5, 5.41) is 0.766. The van der Waals surface area contributed by atoms with Crippen LogP contribution in [0.15, 0.2) is 47.3 Å². The van der Waals surface area contributed by atoms with Crippen LogP contribution in [0.2, 0.25) is 0 Å². The van der Waals surface area contributed by atoms with Crippen molar-refractivity contribution in [2.45, 2.75) is 26.4 Å². The molecule has 3 heterocycles. The quantitative estimate of drug-likeness (QED) is 0.503. The van der Waals surface area contributed by atoms with E-state index in [2.05, 4.69) is 20.9 Å². The number of pyridine rings is 1. The van der Waals surface area contributed by atoms with Crippen molar-refractivity contribution in [2.24, 2.45) is 5.92 Å². The summed E-state index contributed by atoms with van der Waals surface area (Å²) >= 11 is 3.39. The predicted octanol–water partition coefficient (Wildman–Crippen LogP) is 4.98. The van der Waals surface area contributed by atoms with E-state index in [4.69, 9.17) is 4.74 Å². The second kappa shape index (κ2) is 7.50. The van der Waals surface area contributed by atoms with Gasteiger partial charge in [0.1, 0.15) is 11.4 Å². The third-order valence-electron chi connectivity index (χ3n) is 4.95. The van der Waals surface area contributed by atoms with E-state index < -0.39 is 11.7 Å². The van der Waals surface area contributed by atoms with Gasteiger partial charge in [-0.25, -0.2) is 9.18 Å². The maximum atomic E-state index is 13.5. The fraction of sp³-hybridized carbons (Fsp3) is 0.318. The highest BCUT2D eigenvalue weighted by Crippen LogP contribution is 2.32. The van der Waals surface area contributed by atoms with Gasteiger partial charge in [-0.1, -0.05) is 0 Å². The average Bonchev–Trinajstić information content (AvgIpc) is 2.98. The Bertz CT molecular complexity index is 1150. The number of hydrogen-bond acceptors (Lipinski definition) is 4. The highest BCUT2D eigenvalue weighted by atomic mass is 79.9. The molecule has 1 amide bonds. The lowest BCUT2D eigenvalue weighted by Gasteiger charge is -2.38. The lowest BCUT2D eigenvalue weighted by molar-refractivity contribution is 0.00151. The van der Waals surface area contributed by atoms with Crippen LogP contribution < -0.4 is 0 Å². The average molecular weight is 474 g/mol. The molecule has 4 rings (SSSR count). The van der Waals surface area contributed by atoms with Crippen molar-refractivity contribution in [2.75, 3.05) is 13.1 Å². The molecule has 8 heteroatoms. The van der Waals surface area contributed by atoms with Gasteiger partial charge in [0, 0.05) is 40.9 Å². The van der Waals surface area contributed by atoms with Gasteiger partial charge >= 0.3 is 6.09 Å². The smallest absolute Gasteiger partial charge is 0.410 e. The molecule has 6 nitrogen and oxygen atoms in total. The molecule has 2 aromatic heterocycles. The summed E-state index contributed by atoms with van der Waals surface area (Å²) in [7, 11) is 0. The summed E-state index contributed by atoms with van der Waals surface area (Å²) in [4.78, 5) is 31.1. The molecule has 0 atom stereocenters. The van der Waals surface area contributed by atoms with E-state index in [1.54, 1.807) is 30.7 Å². The Morgan fingerprint density at radius 1 is 1.23 bits per heavy atom. The maximum Gasteiger partial charge on any atom is 0.410 e. The van der Waals surface area contributed by atoms with Crippen LogP contribution in [0.4, 0.5) is 9.18 Å². The van der Waals surface area contributed by atoms with Crippen LogP contribution in [0, 0.1) is 11.7 Å². The van der Waals surface area contributed by atoms with E-state index >= 15 is 0 Å². The van der Waals surface area contributed by atoms with E-state index in [0.717, 1.165) is 10.9 Å². The molecule has 1 saturated heterocycles. The molecule has 1 aromatic carbocycles. The number of ether oxygens (including phenoxy) is 1. The lowest BCUT2D eigenvalue weighted by atomic mass is 9.91. The molecule has 0 spiro atoms. The second-order valence-corrected chi connectivity index (χ2v) is 9.20. The number of fused-ring (bicyclic) bond motifs is 1. The van der Waals surface area contributed by atoms with Gasteiger partial charge in [-0.2, -0.15) is 0 Å². The number of amides is 1. The number of nitrogens with zero attached hydrogens (tertiary/aromatic N) is 3. The Balaban J connectivity index is 1.61. The molecule has 0 aliphatic carbocycles. The number of likely N-dealkylation sites (tertiary alicyclic amines) is 1. The zero-order valence-electron chi connectivity index (χ0n) is 16.9. The van der Waals surface area contributed by atoms with Gasteiger partial charge in [-0.3, -0.25) is 9.78 Å². The molecule has 156 valence electrons. The standard InChI is InChI=1S/C22H21BrFN3O3/c1-22(2,3)30-21(29)26-10-13(11-26)20(28)16-12-27(19-9-25-7-6-15(16)19)18-5-4-14(24)8-17(18)23/h4-9,12-13H,10-11H2,1-3H3. The first-order chi connectivity index (χ1) is 14.1. The first kappa shape index (κ1) is 20.5. The Morgan fingerprint density at radius 3 is 2.63 bits per heavy atom. The Morgan fingerprint density at radius 2 is 1.97 bits per heavy atom. The monoisotopic (exact) mass is 473 g/mol. The highest BCUT2D eigenvalue weighted by molar-refractivity contribution is 9.10. The fourth-order valence-corrected chi connectivity index (χ4v) is 4.03. The van der Waals surface area contributed by atoms with Crippen LogP contribution >= 0.6 is 15.9 Å². The van der Waals surface area contributed by atoms with Crippen molar-refractivity contribution in [3.8, 4) is 5.69 Å². The molecule has 0 unspecified atom stereocenters. The molecule has 0 saturated carbocycles. The first-order valence-electron chi connectivity index (χ1n) is 9.56. The minimum atomic E-state index is -0.574. The normalized spacial score (nSPS) is 14.6. The zero-order valence-corrected chi connectivity index (χ0v) is 18.4. The molecule has 1 fully saturated rings. The van der Waals surface area contributed by atoms with E-state index in [1.165, 1.54) is 17.0 Å². The highest BCUT2D eigenvalue weighted by Gasteiger charge is 2.39. The van der Waals surface area contributed by atoms with Crippen LogP contribution in [-0.4, -0.2) is 45.0 Å². The predicted molar refractivity (Wildman–Crippen MR) is 114 cm³/mol. The van der Waals surface area contributed by atoms with Crippen LogP contribution in [0.5, 0.6) is 0 Å². The molecular formula is C22H21BrFN3O3. The topological polar surface area (TPSA) is 64.4 Å². The van der Waals surface area contributed by atoms with Gasteiger partial charge in [0.05, 0.1) is 23.3 Å². The Hall–Kier alpha value is -2.74. The molecule has 1 aliphatic rings. The summed E-state index contributed by atoms with van der Waals surface area (Å²) in [5.74, 6) is -0.683. The number of halogens is 2.